The first-order valence-corrected chi connectivity index (χ1v) is 5.27. The van der Waals surface area contributed by atoms with Crippen LogP contribution in [-0.2, 0) is 0 Å². The summed E-state index contributed by atoms with van der Waals surface area (Å²) >= 11 is 0. The maximum Gasteiger partial charge on any atom is 0.347 e. The molecular formula is C10H16N4O. The molecule has 1 aromatic heterocycles. The molecule has 15 heavy (non-hydrogen) atoms. The summed E-state index contributed by atoms with van der Waals surface area (Å²) in [4.78, 5) is 17.5. The summed E-state index contributed by atoms with van der Waals surface area (Å²) in [6.07, 6.45) is 4.05. The number of hydrogen-bond donors (Lipinski definition) is 3. The molecular weight excluding hydrogens is 192 g/mol. The lowest BCUT2D eigenvalue weighted by Gasteiger charge is -2.25. The van der Waals surface area contributed by atoms with Crippen LogP contribution in [0.2, 0.25) is 0 Å². The first kappa shape index (κ1) is 10.2. The molecule has 1 aliphatic rings. The zero-order valence-corrected chi connectivity index (χ0v) is 8.57. The number of nitrogens with zero attached hydrogens (tertiary/aromatic N) is 1. The van der Waals surface area contributed by atoms with E-state index >= 15 is 0 Å². The first-order valence-electron chi connectivity index (χ1n) is 5.27. The fourth-order valence-electron chi connectivity index (χ4n) is 2.15. The number of nitrogen functional groups attached to an aromatic ring is 1. The van der Waals surface area contributed by atoms with Crippen molar-refractivity contribution in [2.75, 3.05) is 5.73 Å². The Kier molecular flexibility index (Phi) is 2.73. The van der Waals surface area contributed by atoms with Gasteiger partial charge in [0.2, 0.25) is 0 Å². The normalized spacial score (nSPS) is 26.5. The monoisotopic (exact) mass is 208 g/mol. The SMILES string of the molecule is Nc1cc(C2CCC(N)CC2)[nH]c(=O)n1. The Morgan fingerprint density at radius 3 is 2.60 bits per heavy atom. The minimum atomic E-state index is -0.361. The predicted molar refractivity (Wildman–Crippen MR) is 58.5 cm³/mol. The Balaban J connectivity index is 2.19. The number of rotatable bonds is 1. The topological polar surface area (TPSA) is 97.8 Å². The predicted octanol–water partition coefficient (Wildman–Crippen LogP) is 0.337. The van der Waals surface area contributed by atoms with Gasteiger partial charge in [0.1, 0.15) is 5.82 Å². The number of aromatic amines is 1. The largest absolute Gasteiger partial charge is 0.383 e. The summed E-state index contributed by atoms with van der Waals surface area (Å²) in [6, 6.07) is 2.07. The Morgan fingerprint density at radius 2 is 2.00 bits per heavy atom. The van der Waals surface area contributed by atoms with E-state index in [1.54, 1.807) is 6.07 Å². The van der Waals surface area contributed by atoms with Crippen LogP contribution < -0.4 is 17.2 Å². The molecule has 0 saturated heterocycles. The van der Waals surface area contributed by atoms with E-state index in [4.69, 9.17) is 11.5 Å². The molecule has 2 rings (SSSR count). The summed E-state index contributed by atoms with van der Waals surface area (Å²) in [5.74, 6) is 0.673. The maximum atomic E-state index is 11.1. The zero-order valence-electron chi connectivity index (χ0n) is 8.57. The maximum absolute atomic E-state index is 11.1. The van der Waals surface area contributed by atoms with Crippen molar-refractivity contribution in [3.63, 3.8) is 0 Å². The Bertz CT molecular complexity index is 393. The van der Waals surface area contributed by atoms with Crippen LogP contribution in [0.25, 0.3) is 0 Å². The third-order valence-corrected chi connectivity index (χ3v) is 3.00. The first-order chi connectivity index (χ1) is 7.15. The van der Waals surface area contributed by atoms with Crippen molar-refractivity contribution in [3.8, 4) is 0 Å². The van der Waals surface area contributed by atoms with Gasteiger partial charge in [-0.1, -0.05) is 0 Å². The molecule has 0 radical (unpaired) electrons. The molecule has 0 aromatic carbocycles. The molecule has 0 atom stereocenters. The van der Waals surface area contributed by atoms with Gasteiger partial charge in [-0.3, -0.25) is 0 Å². The molecule has 5 N–H and O–H groups in total. The van der Waals surface area contributed by atoms with Gasteiger partial charge in [0.05, 0.1) is 0 Å². The van der Waals surface area contributed by atoms with E-state index in [0.29, 0.717) is 17.8 Å². The molecule has 0 aliphatic heterocycles. The molecule has 0 amide bonds. The van der Waals surface area contributed by atoms with Crippen molar-refractivity contribution in [2.24, 2.45) is 5.73 Å². The molecule has 5 heteroatoms. The third kappa shape index (κ3) is 2.36. The zero-order chi connectivity index (χ0) is 10.8. The fourth-order valence-corrected chi connectivity index (χ4v) is 2.15. The molecule has 0 bridgehead atoms. The van der Waals surface area contributed by atoms with Crippen molar-refractivity contribution < 1.29 is 0 Å². The van der Waals surface area contributed by atoms with Gasteiger partial charge in [-0.15, -0.1) is 0 Å². The average molecular weight is 208 g/mol. The van der Waals surface area contributed by atoms with Gasteiger partial charge >= 0.3 is 5.69 Å². The van der Waals surface area contributed by atoms with Gasteiger partial charge in [0, 0.05) is 17.8 Å². The molecule has 1 saturated carbocycles. The van der Waals surface area contributed by atoms with Crippen LogP contribution in [0.1, 0.15) is 37.3 Å². The lowest BCUT2D eigenvalue weighted by atomic mass is 9.84. The molecule has 82 valence electrons. The van der Waals surface area contributed by atoms with Crippen LogP contribution in [-0.4, -0.2) is 16.0 Å². The van der Waals surface area contributed by atoms with Crippen LogP contribution in [0.3, 0.4) is 0 Å². The molecule has 5 nitrogen and oxygen atoms in total. The highest BCUT2D eigenvalue weighted by atomic mass is 16.1. The van der Waals surface area contributed by atoms with Crippen molar-refractivity contribution in [1.82, 2.24) is 9.97 Å². The van der Waals surface area contributed by atoms with E-state index in [2.05, 4.69) is 9.97 Å². The Labute approximate surface area is 87.9 Å². The number of H-pyrrole nitrogens is 1. The summed E-state index contributed by atoms with van der Waals surface area (Å²) < 4.78 is 0. The van der Waals surface area contributed by atoms with E-state index in [9.17, 15) is 4.79 Å². The summed E-state index contributed by atoms with van der Waals surface area (Å²) in [7, 11) is 0. The lowest BCUT2D eigenvalue weighted by molar-refractivity contribution is 0.390. The van der Waals surface area contributed by atoms with E-state index in [1.165, 1.54) is 0 Å². The van der Waals surface area contributed by atoms with Crippen LogP contribution in [0.5, 0.6) is 0 Å². The molecule has 1 fully saturated rings. The quantitative estimate of drug-likeness (QED) is 0.619. The molecule has 0 unspecified atom stereocenters. The van der Waals surface area contributed by atoms with Crippen LogP contribution in [0.4, 0.5) is 5.82 Å². The highest BCUT2D eigenvalue weighted by Crippen LogP contribution is 2.30. The minimum absolute atomic E-state index is 0.295. The van der Waals surface area contributed by atoms with E-state index in [-0.39, 0.29) is 5.69 Å². The molecule has 1 aliphatic carbocycles. The van der Waals surface area contributed by atoms with Gasteiger partial charge in [0.25, 0.3) is 0 Å². The fraction of sp³-hybridized carbons (Fsp3) is 0.600. The van der Waals surface area contributed by atoms with Crippen LogP contribution in [0, 0.1) is 0 Å². The highest BCUT2D eigenvalue weighted by molar-refractivity contribution is 5.29. The summed E-state index contributed by atoms with van der Waals surface area (Å²) in [5, 5.41) is 0. The van der Waals surface area contributed by atoms with Gasteiger partial charge in [0.15, 0.2) is 0 Å². The second-order valence-corrected chi connectivity index (χ2v) is 4.18. The smallest absolute Gasteiger partial charge is 0.347 e. The second kappa shape index (κ2) is 4.02. The van der Waals surface area contributed by atoms with Gasteiger partial charge < -0.3 is 16.5 Å². The second-order valence-electron chi connectivity index (χ2n) is 4.18. The molecule has 1 aromatic rings. The number of nitrogens with one attached hydrogen (secondary N) is 1. The third-order valence-electron chi connectivity index (χ3n) is 3.00. The van der Waals surface area contributed by atoms with Crippen molar-refractivity contribution >= 4 is 5.82 Å². The minimum Gasteiger partial charge on any atom is -0.383 e. The average Bonchev–Trinajstić information content (AvgIpc) is 2.17. The van der Waals surface area contributed by atoms with Crippen molar-refractivity contribution in [2.45, 2.75) is 37.6 Å². The van der Waals surface area contributed by atoms with Gasteiger partial charge in [-0.2, -0.15) is 4.98 Å². The molecule has 1 heterocycles. The van der Waals surface area contributed by atoms with Gasteiger partial charge in [-0.25, -0.2) is 4.79 Å². The van der Waals surface area contributed by atoms with Crippen LogP contribution >= 0.6 is 0 Å². The van der Waals surface area contributed by atoms with E-state index in [0.717, 1.165) is 31.4 Å². The summed E-state index contributed by atoms with van der Waals surface area (Å²) in [5.41, 5.74) is 11.9. The highest BCUT2D eigenvalue weighted by Gasteiger charge is 2.20. The van der Waals surface area contributed by atoms with E-state index < -0.39 is 0 Å². The number of hydrogen-bond acceptors (Lipinski definition) is 4. The number of anilines is 1. The van der Waals surface area contributed by atoms with Crippen molar-refractivity contribution in [3.05, 3.63) is 22.2 Å². The Morgan fingerprint density at radius 1 is 1.33 bits per heavy atom. The van der Waals surface area contributed by atoms with Gasteiger partial charge in [-0.05, 0) is 31.6 Å². The number of aromatic nitrogens is 2. The number of nitrogens with two attached hydrogens (primary N) is 2. The standard InChI is InChI=1S/C10H16N4O/c11-7-3-1-6(2-4-7)8-5-9(12)14-10(15)13-8/h5-7H,1-4,11H2,(H3,12,13,14,15). The Hall–Kier alpha value is -1.36. The molecule has 0 spiro atoms. The lowest BCUT2D eigenvalue weighted by Crippen LogP contribution is -2.27. The van der Waals surface area contributed by atoms with Crippen molar-refractivity contribution in [1.29, 1.82) is 0 Å². The van der Waals surface area contributed by atoms with Crippen LogP contribution in [0.15, 0.2) is 10.9 Å². The summed E-state index contributed by atoms with van der Waals surface area (Å²) in [6.45, 7) is 0. The van der Waals surface area contributed by atoms with E-state index in [1.807, 2.05) is 0 Å².